The first kappa shape index (κ1) is 15.0. The third-order valence-electron chi connectivity index (χ3n) is 3.29. The van der Waals surface area contributed by atoms with Gasteiger partial charge >= 0.3 is 0 Å². The minimum atomic E-state index is 0.243. The molecule has 2 rings (SSSR count). The van der Waals surface area contributed by atoms with E-state index in [1.165, 1.54) is 16.0 Å². The highest BCUT2D eigenvalue weighted by atomic mass is 32.2. The Bertz CT molecular complexity index is 566. The van der Waals surface area contributed by atoms with Gasteiger partial charge in [-0.1, -0.05) is 13.0 Å². The first-order valence-corrected chi connectivity index (χ1v) is 7.71. The Morgan fingerprint density at radius 1 is 1.20 bits per heavy atom. The van der Waals surface area contributed by atoms with E-state index in [9.17, 15) is 0 Å². The van der Waals surface area contributed by atoms with Crippen molar-refractivity contribution in [3.8, 4) is 0 Å². The van der Waals surface area contributed by atoms with Crippen LogP contribution in [-0.4, -0.2) is 16.0 Å². The lowest BCUT2D eigenvalue weighted by Gasteiger charge is -2.12. The fourth-order valence-corrected chi connectivity index (χ4v) is 2.72. The van der Waals surface area contributed by atoms with E-state index in [1.54, 1.807) is 11.8 Å². The van der Waals surface area contributed by atoms with Crippen molar-refractivity contribution in [3.63, 3.8) is 0 Å². The number of benzene rings is 1. The first-order chi connectivity index (χ1) is 9.58. The van der Waals surface area contributed by atoms with Crippen LogP contribution in [0.25, 0.3) is 0 Å². The predicted octanol–water partition coefficient (Wildman–Crippen LogP) is 3.52. The summed E-state index contributed by atoms with van der Waals surface area (Å²) in [5.41, 5.74) is 9.71. The van der Waals surface area contributed by atoms with Crippen molar-refractivity contribution < 1.29 is 0 Å². The summed E-state index contributed by atoms with van der Waals surface area (Å²) in [6, 6.07) is 6.72. The van der Waals surface area contributed by atoms with E-state index in [0.717, 1.165) is 23.6 Å². The molecule has 1 aromatic heterocycles. The molecule has 1 heterocycles. The van der Waals surface area contributed by atoms with Crippen molar-refractivity contribution in [2.75, 3.05) is 0 Å². The van der Waals surface area contributed by atoms with Crippen molar-refractivity contribution in [3.05, 3.63) is 47.3 Å². The number of aryl methyl sites for hydroxylation is 2. The van der Waals surface area contributed by atoms with E-state index in [1.807, 2.05) is 19.3 Å². The maximum absolute atomic E-state index is 6.02. The highest BCUT2D eigenvalue weighted by molar-refractivity contribution is 7.99. The molecule has 106 valence electrons. The van der Waals surface area contributed by atoms with E-state index in [4.69, 9.17) is 5.73 Å². The topological polar surface area (TPSA) is 51.8 Å². The zero-order valence-corrected chi connectivity index (χ0v) is 13.1. The van der Waals surface area contributed by atoms with Crippen molar-refractivity contribution in [2.24, 2.45) is 5.73 Å². The van der Waals surface area contributed by atoms with Crippen molar-refractivity contribution in [2.45, 2.75) is 49.7 Å². The summed E-state index contributed by atoms with van der Waals surface area (Å²) < 4.78 is 0. The molecule has 0 saturated carbocycles. The smallest absolute Gasteiger partial charge is 0.192 e. The molecular formula is C16H21N3S. The second-order valence-corrected chi connectivity index (χ2v) is 6.15. The third kappa shape index (κ3) is 4.05. The number of hydrogen-bond acceptors (Lipinski definition) is 4. The van der Waals surface area contributed by atoms with Gasteiger partial charge in [0.05, 0.1) is 0 Å². The molecule has 20 heavy (non-hydrogen) atoms. The average Bonchev–Trinajstić information content (AvgIpc) is 2.44. The van der Waals surface area contributed by atoms with Crippen molar-refractivity contribution >= 4 is 11.8 Å². The Morgan fingerprint density at radius 2 is 1.90 bits per heavy atom. The largest absolute Gasteiger partial charge is 0.327 e. The summed E-state index contributed by atoms with van der Waals surface area (Å²) in [5.74, 6) is 0. The van der Waals surface area contributed by atoms with E-state index in [2.05, 4.69) is 42.0 Å². The van der Waals surface area contributed by atoms with E-state index < -0.39 is 0 Å². The monoisotopic (exact) mass is 287 g/mol. The maximum atomic E-state index is 6.02. The number of hydrogen-bond donors (Lipinski definition) is 1. The molecule has 1 unspecified atom stereocenters. The molecule has 1 atom stereocenters. The Morgan fingerprint density at radius 3 is 2.50 bits per heavy atom. The van der Waals surface area contributed by atoms with Crippen LogP contribution in [0.1, 0.15) is 30.0 Å². The molecule has 0 aliphatic carbocycles. The number of nitrogens with zero attached hydrogens (tertiary/aromatic N) is 2. The van der Waals surface area contributed by atoms with Crippen LogP contribution in [0.3, 0.4) is 0 Å². The number of nitrogens with two attached hydrogens (primary N) is 1. The lowest BCUT2D eigenvalue weighted by molar-refractivity contribution is 0.644. The van der Waals surface area contributed by atoms with Gasteiger partial charge in [-0.15, -0.1) is 0 Å². The minimum absolute atomic E-state index is 0.243. The average molecular weight is 287 g/mol. The third-order valence-corrected chi connectivity index (χ3v) is 4.17. The molecule has 3 nitrogen and oxygen atoms in total. The maximum Gasteiger partial charge on any atom is 0.192 e. The second kappa shape index (κ2) is 6.86. The fourth-order valence-electron chi connectivity index (χ4n) is 1.93. The van der Waals surface area contributed by atoms with Gasteiger partial charge in [-0.2, -0.15) is 0 Å². The molecule has 2 N–H and O–H groups in total. The molecule has 0 fully saturated rings. The Balaban J connectivity index is 2.10. The van der Waals surface area contributed by atoms with Gasteiger partial charge in [0.1, 0.15) is 0 Å². The molecule has 0 bridgehead atoms. The Kier molecular flexibility index (Phi) is 5.15. The van der Waals surface area contributed by atoms with Crippen LogP contribution < -0.4 is 5.73 Å². The van der Waals surface area contributed by atoms with E-state index in [-0.39, 0.29) is 6.04 Å². The summed E-state index contributed by atoms with van der Waals surface area (Å²) in [6.45, 7) is 6.25. The predicted molar refractivity (Wildman–Crippen MR) is 84.0 cm³/mol. The standard InChI is InChI=1S/C16H21N3S/c1-4-14(17)8-13-5-6-15(7-12(13)3)20-16-18-9-11(2)10-19-16/h5-7,9-10,14H,4,8,17H2,1-3H3. The van der Waals surface area contributed by atoms with Gasteiger partial charge in [0.2, 0.25) is 0 Å². The van der Waals surface area contributed by atoms with Gasteiger partial charge in [0.15, 0.2) is 5.16 Å². The zero-order valence-electron chi connectivity index (χ0n) is 12.3. The van der Waals surface area contributed by atoms with E-state index >= 15 is 0 Å². The van der Waals surface area contributed by atoms with Gasteiger partial charge in [-0.05, 0) is 67.3 Å². The SMILES string of the molecule is CCC(N)Cc1ccc(Sc2ncc(C)cn2)cc1C. The highest BCUT2D eigenvalue weighted by Gasteiger charge is 2.07. The Labute approximate surface area is 125 Å². The van der Waals surface area contributed by atoms with Crippen LogP contribution in [0.4, 0.5) is 0 Å². The molecular weight excluding hydrogens is 266 g/mol. The van der Waals surface area contributed by atoms with Crippen molar-refractivity contribution in [1.29, 1.82) is 0 Å². The number of aromatic nitrogens is 2. The normalized spacial score (nSPS) is 12.4. The van der Waals surface area contributed by atoms with Gasteiger partial charge in [0, 0.05) is 23.3 Å². The molecule has 0 amide bonds. The van der Waals surface area contributed by atoms with Crippen LogP contribution in [0, 0.1) is 13.8 Å². The van der Waals surface area contributed by atoms with Crippen LogP contribution in [0.2, 0.25) is 0 Å². The van der Waals surface area contributed by atoms with Crippen LogP contribution in [-0.2, 0) is 6.42 Å². The van der Waals surface area contributed by atoms with E-state index in [0.29, 0.717) is 0 Å². The van der Waals surface area contributed by atoms with Gasteiger partial charge in [-0.25, -0.2) is 9.97 Å². The molecule has 1 aromatic carbocycles. The molecule has 0 aliphatic heterocycles. The zero-order chi connectivity index (χ0) is 14.5. The van der Waals surface area contributed by atoms with Crippen LogP contribution >= 0.6 is 11.8 Å². The summed E-state index contributed by atoms with van der Waals surface area (Å²) in [6.07, 6.45) is 5.63. The summed E-state index contributed by atoms with van der Waals surface area (Å²) in [7, 11) is 0. The Hall–Kier alpha value is -1.39. The molecule has 0 spiro atoms. The molecule has 0 radical (unpaired) electrons. The van der Waals surface area contributed by atoms with Crippen molar-refractivity contribution in [1.82, 2.24) is 9.97 Å². The summed E-state index contributed by atoms with van der Waals surface area (Å²) in [5, 5.41) is 0.785. The molecule has 0 aliphatic rings. The molecule has 2 aromatic rings. The van der Waals surface area contributed by atoms with Gasteiger partial charge in [-0.3, -0.25) is 0 Å². The highest BCUT2D eigenvalue weighted by Crippen LogP contribution is 2.26. The number of rotatable bonds is 5. The second-order valence-electron chi connectivity index (χ2n) is 5.11. The first-order valence-electron chi connectivity index (χ1n) is 6.90. The quantitative estimate of drug-likeness (QED) is 0.855. The van der Waals surface area contributed by atoms with Crippen LogP contribution in [0.15, 0.2) is 40.6 Å². The fraction of sp³-hybridized carbons (Fsp3) is 0.375. The minimum Gasteiger partial charge on any atom is -0.327 e. The van der Waals surface area contributed by atoms with Gasteiger partial charge < -0.3 is 5.73 Å². The van der Waals surface area contributed by atoms with Crippen LogP contribution in [0.5, 0.6) is 0 Å². The lowest BCUT2D eigenvalue weighted by atomic mass is 10.0. The van der Waals surface area contributed by atoms with Gasteiger partial charge in [0.25, 0.3) is 0 Å². The molecule has 0 saturated heterocycles. The summed E-state index contributed by atoms with van der Waals surface area (Å²) in [4.78, 5) is 9.81. The lowest BCUT2D eigenvalue weighted by Crippen LogP contribution is -2.21. The molecule has 4 heteroatoms. The summed E-state index contributed by atoms with van der Waals surface area (Å²) >= 11 is 1.59.